The van der Waals surface area contributed by atoms with Crippen LogP contribution in [0.4, 0.5) is 17.3 Å². The number of pyridine rings is 1. The van der Waals surface area contributed by atoms with Crippen molar-refractivity contribution in [3.05, 3.63) is 22.2 Å². The molecule has 2 heterocycles. The van der Waals surface area contributed by atoms with E-state index in [9.17, 15) is 10.1 Å². The van der Waals surface area contributed by atoms with Crippen molar-refractivity contribution in [2.75, 3.05) is 17.7 Å². The minimum Gasteiger partial charge on any atom is -0.384 e. The molecule has 7 nitrogen and oxygen atoms in total. The first kappa shape index (κ1) is 12.6. The predicted octanol–water partition coefficient (Wildman–Crippen LogP) is 1.55. The Morgan fingerprint density at radius 1 is 1.67 bits per heavy atom. The van der Waals surface area contributed by atoms with Gasteiger partial charge in [0.2, 0.25) is 5.82 Å². The number of hydrogen-bond donors (Lipinski definition) is 2. The lowest BCUT2D eigenvalue weighted by molar-refractivity contribution is -0.384. The average molecular weight is 252 g/mol. The molecule has 0 amide bonds. The smallest absolute Gasteiger partial charge is 0.311 e. The summed E-state index contributed by atoms with van der Waals surface area (Å²) in [7, 11) is 0. The summed E-state index contributed by atoms with van der Waals surface area (Å²) >= 11 is 0. The number of nitrogens with zero attached hydrogens (tertiary/aromatic N) is 2. The molecule has 1 aromatic heterocycles. The van der Waals surface area contributed by atoms with Crippen molar-refractivity contribution in [1.29, 1.82) is 0 Å². The van der Waals surface area contributed by atoms with Gasteiger partial charge in [-0.05, 0) is 26.3 Å². The highest BCUT2D eigenvalue weighted by atomic mass is 16.6. The predicted molar refractivity (Wildman–Crippen MR) is 67.4 cm³/mol. The molecule has 0 aromatic carbocycles. The highest BCUT2D eigenvalue weighted by Crippen LogP contribution is 2.32. The molecule has 1 aromatic rings. The summed E-state index contributed by atoms with van der Waals surface area (Å²) < 4.78 is 5.48. The van der Waals surface area contributed by atoms with E-state index in [1.807, 2.05) is 13.8 Å². The lowest BCUT2D eigenvalue weighted by Crippen LogP contribution is -2.41. The fourth-order valence-electron chi connectivity index (χ4n) is 1.98. The highest BCUT2D eigenvalue weighted by Gasteiger charge is 2.38. The van der Waals surface area contributed by atoms with Crippen LogP contribution in [0.3, 0.4) is 0 Å². The Morgan fingerprint density at radius 2 is 2.39 bits per heavy atom. The number of nitrogen functional groups attached to an aromatic ring is 1. The molecule has 7 heteroatoms. The molecule has 0 spiro atoms. The Kier molecular flexibility index (Phi) is 3.08. The quantitative estimate of drug-likeness (QED) is 0.625. The standard InChI is InChI=1S/C11H16N4O3/c1-7-11(2,5-6-18-7)14-10-8(15(16)17)3-4-9(12)13-10/h3-4,7H,5-6H2,1-2H3,(H3,12,13,14). The third kappa shape index (κ3) is 2.21. The van der Waals surface area contributed by atoms with Crippen molar-refractivity contribution >= 4 is 17.3 Å². The molecule has 2 atom stereocenters. The Hall–Kier alpha value is -1.89. The molecule has 0 saturated carbocycles. The summed E-state index contributed by atoms with van der Waals surface area (Å²) in [5.41, 5.74) is 5.13. The van der Waals surface area contributed by atoms with Crippen molar-refractivity contribution in [3.63, 3.8) is 0 Å². The van der Waals surface area contributed by atoms with E-state index in [0.29, 0.717) is 6.61 Å². The van der Waals surface area contributed by atoms with Gasteiger partial charge in [-0.25, -0.2) is 4.98 Å². The number of anilines is 2. The van der Waals surface area contributed by atoms with Gasteiger partial charge in [-0.3, -0.25) is 10.1 Å². The summed E-state index contributed by atoms with van der Waals surface area (Å²) in [6.07, 6.45) is 0.724. The number of hydrogen-bond acceptors (Lipinski definition) is 6. The third-order valence-electron chi connectivity index (χ3n) is 3.38. The van der Waals surface area contributed by atoms with Crippen LogP contribution in [-0.4, -0.2) is 28.2 Å². The minimum atomic E-state index is -0.474. The fourth-order valence-corrected chi connectivity index (χ4v) is 1.98. The number of ether oxygens (including phenoxy) is 1. The van der Waals surface area contributed by atoms with Crippen LogP contribution in [0.2, 0.25) is 0 Å². The monoisotopic (exact) mass is 252 g/mol. The van der Waals surface area contributed by atoms with E-state index in [1.54, 1.807) is 0 Å². The maximum Gasteiger partial charge on any atom is 0.311 e. The topological polar surface area (TPSA) is 103 Å². The lowest BCUT2D eigenvalue weighted by Gasteiger charge is -2.29. The van der Waals surface area contributed by atoms with Gasteiger partial charge in [0.25, 0.3) is 0 Å². The molecule has 98 valence electrons. The largest absolute Gasteiger partial charge is 0.384 e. The van der Waals surface area contributed by atoms with Crippen LogP contribution in [0.5, 0.6) is 0 Å². The van der Waals surface area contributed by atoms with Crippen LogP contribution in [0, 0.1) is 10.1 Å². The van der Waals surface area contributed by atoms with Crippen molar-refractivity contribution in [3.8, 4) is 0 Å². The molecule has 1 fully saturated rings. The number of aromatic nitrogens is 1. The zero-order chi connectivity index (χ0) is 13.3. The normalized spacial score (nSPS) is 27.1. The van der Waals surface area contributed by atoms with E-state index >= 15 is 0 Å². The van der Waals surface area contributed by atoms with E-state index < -0.39 is 4.92 Å². The van der Waals surface area contributed by atoms with Crippen LogP contribution < -0.4 is 11.1 Å². The van der Waals surface area contributed by atoms with Gasteiger partial charge < -0.3 is 15.8 Å². The summed E-state index contributed by atoms with van der Waals surface area (Å²) in [5, 5.41) is 14.0. The van der Waals surface area contributed by atoms with Gasteiger partial charge >= 0.3 is 5.69 Å². The second-order valence-corrected chi connectivity index (χ2v) is 4.67. The van der Waals surface area contributed by atoms with E-state index in [0.717, 1.165) is 6.42 Å². The van der Waals surface area contributed by atoms with Crippen LogP contribution in [0.15, 0.2) is 12.1 Å². The molecule has 2 unspecified atom stereocenters. The van der Waals surface area contributed by atoms with Gasteiger partial charge in [0.1, 0.15) is 5.82 Å². The van der Waals surface area contributed by atoms with Crippen LogP contribution >= 0.6 is 0 Å². The molecule has 1 aliphatic heterocycles. The SMILES string of the molecule is CC1OCCC1(C)Nc1nc(N)ccc1[N+](=O)[O-]. The Bertz CT molecular complexity index is 479. The Morgan fingerprint density at radius 3 is 2.94 bits per heavy atom. The number of nitro groups is 1. The second kappa shape index (κ2) is 4.41. The van der Waals surface area contributed by atoms with Crippen LogP contribution in [0.25, 0.3) is 0 Å². The molecular formula is C11H16N4O3. The third-order valence-corrected chi connectivity index (χ3v) is 3.38. The molecule has 0 aliphatic carbocycles. The van der Waals surface area contributed by atoms with Crippen LogP contribution in [-0.2, 0) is 4.74 Å². The molecule has 1 aliphatic rings. The van der Waals surface area contributed by atoms with E-state index in [4.69, 9.17) is 10.5 Å². The summed E-state index contributed by atoms with van der Waals surface area (Å²) in [6.45, 7) is 4.51. The Balaban J connectivity index is 2.33. The molecule has 1 saturated heterocycles. The second-order valence-electron chi connectivity index (χ2n) is 4.67. The molecule has 2 rings (SSSR count). The van der Waals surface area contributed by atoms with Gasteiger partial charge in [0, 0.05) is 12.7 Å². The van der Waals surface area contributed by atoms with Crippen LogP contribution in [0.1, 0.15) is 20.3 Å². The van der Waals surface area contributed by atoms with Crippen molar-refractivity contribution in [2.45, 2.75) is 31.9 Å². The zero-order valence-electron chi connectivity index (χ0n) is 10.3. The Labute approximate surface area is 104 Å². The average Bonchev–Trinajstić information content (AvgIpc) is 2.58. The molecule has 0 bridgehead atoms. The lowest BCUT2D eigenvalue weighted by atomic mass is 9.94. The first-order chi connectivity index (χ1) is 8.42. The maximum atomic E-state index is 10.9. The zero-order valence-corrected chi connectivity index (χ0v) is 10.3. The molecule has 3 N–H and O–H groups in total. The fraction of sp³-hybridized carbons (Fsp3) is 0.545. The van der Waals surface area contributed by atoms with Crippen molar-refractivity contribution in [2.24, 2.45) is 0 Å². The molecular weight excluding hydrogens is 236 g/mol. The number of rotatable bonds is 3. The summed E-state index contributed by atoms with van der Waals surface area (Å²) in [6, 6.07) is 2.77. The number of nitrogens with one attached hydrogen (secondary N) is 1. The van der Waals surface area contributed by atoms with Gasteiger partial charge in [0.15, 0.2) is 0 Å². The number of nitrogens with two attached hydrogens (primary N) is 1. The van der Waals surface area contributed by atoms with Gasteiger partial charge in [0.05, 0.1) is 16.6 Å². The van der Waals surface area contributed by atoms with Crippen molar-refractivity contribution in [1.82, 2.24) is 4.98 Å². The molecule has 0 radical (unpaired) electrons. The minimum absolute atomic E-state index is 0.0414. The van der Waals surface area contributed by atoms with E-state index in [-0.39, 0.29) is 29.0 Å². The van der Waals surface area contributed by atoms with Gasteiger partial charge in [-0.15, -0.1) is 0 Å². The van der Waals surface area contributed by atoms with Crippen molar-refractivity contribution < 1.29 is 9.66 Å². The van der Waals surface area contributed by atoms with E-state index in [2.05, 4.69) is 10.3 Å². The summed E-state index contributed by atoms with van der Waals surface area (Å²) in [4.78, 5) is 14.5. The highest BCUT2D eigenvalue weighted by molar-refractivity contribution is 5.60. The first-order valence-corrected chi connectivity index (χ1v) is 5.73. The van der Waals surface area contributed by atoms with E-state index in [1.165, 1.54) is 12.1 Å². The maximum absolute atomic E-state index is 10.9. The molecule has 18 heavy (non-hydrogen) atoms. The first-order valence-electron chi connectivity index (χ1n) is 5.73. The summed E-state index contributed by atoms with van der Waals surface area (Å²) in [5.74, 6) is 0.443. The van der Waals surface area contributed by atoms with Gasteiger partial charge in [-0.2, -0.15) is 0 Å². The van der Waals surface area contributed by atoms with Gasteiger partial charge in [-0.1, -0.05) is 0 Å².